The number of hydrogen-bond acceptors (Lipinski definition) is 6. The Labute approximate surface area is 138 Å². The summed E-state index contributed by atoms with van der Waals surface area (Å²) in [6.45, 7) is 10.5. The van der Waals surface area contributed by atoms with Crippen molar-refractivity contribution in [2.75, 3.05) is 13.1 Å². The molecule has 1 saturated heterocycles. The van der Waals surface area contributed by atoms with Gasteiger partial charge in [0.1, 0.15) is 0 Å². The molecular weight excluding hydrogens is 316 g/mol. The molecular formula is C15H28N4O3S. The van der Waals surface area contributed by atoms with Crippen LogP contribution in [0.3, 0.4) is 0 Å². The Morgan fingerprint density at radius 2 is 2.04 bits per heavy atom. The van der Waals surface area contributed by atoms with Crippen molar-refractivity contribution in [3.8, 4) is 0 Å². The van der Waals surface area contributed by atoms with Crippen LogP contribution in [0.5, 0.6) is 0 Å². The summed E-state index contributed by atoms with van der Waals surface area (Å²) in [6, 6.07) is 0.212. The predicted molar refractivity (Wildman–Crippen MR) is 88.4 cm³/mol. The van der Waals surface area contributed by atoms with E-state index in [0.29, 0.717) is 24.9 Å². The van der Waals surface area contributed by atoms with Gasteiger partial charge in [0.2, 0.25) is 21.8 Å². The number of piperidine rings is 1. The first-order valence-corrected chi connectivity index (χ1v) is 9.81. The van der Waals surface area contributed by atoms with E-state index >= 15 is 0 Å². The maximum atomic E-state index is 12.4. The first kappa shape index (κ1) is 18.4. The van der Waals surface area contributed by atoms with Crippen LogP contribution in [0.15, 0.2) is 4.42 Å². The third-order valence-electron chi connectivity index (χ3n) is 4.55. The highest BCUT2D eigenvalue weighted by Crippen LogP contribution is 2.26. The molecule has 2 heterocycles. The van der Waals surface area contributed by atoms with Crippen LogP contribution in [-0.2, 0) is 10.0 Å². The highest BCUT2D eigenvalue weighted by Gasteiger charge is 2.36. The highest BCUT2D eigenvalue weighted by atomic mass is 32.2. The SMILES string of the molecule is CCC1CN(S(=O)(=O)C(C)C)CCC1NC(C)c1nnc(C)o1. The van der Waals surface area contributed by atoms with Crippen LogP contribution >= 0.6 is 0 Å². The number of sulfonamides is 1. The Morgan fingerprint density at radius 1 is 1.35 bits per heavy atom. The summed E-state index contributed by atoms with van der Waals surface area (Å²) >= 11 is 0. The van der Waals surface area contributed by atoms with Gasteiger partial charge in [-0.1, -0.05) is 13.3 Å². The molecule has 0 amide bonds. The summed E-state index contributed by atoms with van der Waals surface area (Å²) in [5, 5.41) is 11.1. The predicted octanol–water partition coefficient (Wildman–Crippen LogP) is 1.87. The monoisotopic (exact) mass is 344 g/mol. The van der Waals surface area contributed by atoms with E-state index < -0.39 is 10.0 Å². The Balaban J connectivity index is 2.02. The second-order valence-corrected chi connectivity index (χ2v) is 9.05. The molecule has 132 valence electrons. The van der Waals surface area contributed by atoms with Crippen molar-refractivity contribution in [1.29, 1.82) is 0 Å². The van der Waals surface area contributed by atoms with E-state index in [4.69, 9.17) is 4.42 Å². The van der Waals surface area contributed by atoms with Gasteiger partial charge in [-0.2, -0.15) is 0 Å². The number of nitrogens with zero attached hydrogens (tertiary/aromatic N) is 3. The van der Waals surface area contributed by atoms with Crippen LogP contribution in [0.25, 0.3) is 0 Å². The summed E-state index contributed by atoms with van der Waals surface area (Å²) in [4.78, 5) is 0. The number of hydrogen-bond donors (Lipinski definition) is 1. The topological polar surface area (TPSA) is 88.3 Å². The van der Waals surface area contributed by atoms with E-state index in [0.717, 1.165) is 12.8 Å². The van der Waals surface area contributed by atoms with Crippen LogP contribution in [0.4, 0.5) is 0 Å². The Morgan fingerprint density at radius 3 is 2.57 bits per heavy atom. The van der Waals surface area contributed by atoms with Crippen molar-refractivity contribution >= 4 is 10.0 Å². The fourth-order valence-electron chi connectivity index (χ4n) is 3.04. The second kappa shape index (κ2) is 7.27. The molecule has 0 spiro atoms. The third-order valence-corrected chi connectivity index (χ3v) is 6.80. The largest absolute Gasteiger partial charge is 0.424 e. The van der Waals surface area contributed by atoms with Crippen molar-refractivity contribution in [2.45, 2.75) is 64.8 Å². The van der Waals surface area contributed by atoms with Gasteiger partial charge in [-0.3, -0.25) is 0 Å². The molecule has 23 heavy (non-hydrogen) atoms. The fourth-order valence-corrected chi connectivity index (χ4v) is 4.40. The van der Waals surface area contributed by atoms with E-state index in [-0.39, 0.29) is 23.3 Å². The number of rotatable bonds is 6. The molecule has 1 N–H and O–H groups in total. The lowest BCUT2D eigenvalue weighted by Gasteiger charge is -2.39. The summed E-state index contributed by atoms with van der Waals surface area (Å²) in [5.41, 5.74) is 0. The van der Waals surface area contributed by atoms with Crippen LogP contribution in [0.1, 0.15) is 58.4 Å². The summed E-state index contributed by atoms with van der Waals surface area (Å²) in [7, 11) is -3.18. The zero-order chi connectivity index (χ0) is 17.2. The average molecular weight is 344 g/mol. The molecule has 0 saturated carbocycles. The van der Waals surface area contributed by atoms with Gasteiger partial charge in [-0.05, 0) is 33.1 Å². The van der Waals surface area contributed by atoms with Crippen molar-refractivity contribution in [2.24, 2.45) is 5.92 Å². The first-order valence-electron chi connectivity index (χ1n) is 8.30. The van der Waals surface area contributed by atoms with E-state index in [1.807, 2.05) is 6.92 Å². The van der Waals surface area contributed by atoms with Gasteiger partial charge in [0.15, 0.2) is 0 Å². The van der Waals surface area contributed by atoms with Crippen LogP contribution in [-0.4, -0.2) is 47.3 Å². The van der Waals surface area contributed by atoms with Crippen molar-refractivity contribution < 1.29 is 12.8 Å². The quantitative estimate of drug-likeness (QED) is 0.847. The van der Waals surface area contributed by atoms with Gasteiger partial charge in [0.05, 0.1) is 11.3 Å². The molecule has 0 aromatic carbocycles. The molecule has 3 unspecified atom stereocenters. The zero-order valence-corrected chi connectivity index (χ0v) is 15.4. The van der Waals surface area contributed by atoms with E-state index in [2.05, 4.69) is 22.4 Å². The van der Waals surface area contributed by atoms with Gasteiger partial charge in [0, 0.05) is 26.1 Å². The van der Waals surface area contributed by atoms with Crippen molar-refractivity contribution in [3.05, 3.63) is 11.8 Å². The Kier molecular flexibility index (Phi) is 5.80. The number of aromatic nitrogens is 2. The minimum atomic E-state index is -3.18. The van der Waals surface area contributed by atoms with Gasteiger partial charge in [0.25, 0.3) is 0 Å². The summed E-state index contributed by atoms with van der Waals surface area (Å²) < 4.78 is 31.9. The van der Waals surface area contributed by atoms with E-state index in [9.17, 15) is 8.42 Å². The van der Waals surface area contributed by atoms with Crippen molar-refractivity contribution in [1.82, 2.24) is 19.8 Å². The molecule has 0 radical (unpaired) electrons. The lowest BCUT2D eigenvalue weighted by molar-refractivity contribution is 0.186. The van der Waals surface area contributed by atoms with Crippen LogP contribution < -0.4 is 5.32 Å². The fraction of sp³-hybridized carbons (Fsp3) is 0.867. The Bertz CT molecular complexity index is 614. The maximum absolute atomic E-state index is 12.4. The first-order chi connectivity index (χ1) is 10.8. The van der Waals surface area contributed by atoms with Gasteiger partial charge < -0.3 is 9.73 Å². The molecule has 0 bridgehead atoms. The molecule has 2 rings (SSSR count). The van der Waals surface area contributed by atoms with Gasteiger partial charge in [-0.25, -0.2) is 12.7 Å². The third kappa shape index (κ3) is 4.10. The zero-order valence-electron chi connectivity index (χ0n) is 14.6. The second-order valence-electron chi connectivity index (χ2n) is 6.56. The number of aryl methyl sites for hydroxylation is 1. The minimum Gasteiger partial charge on any atom is -0.424 e. The molecule has 0 aliphatic carbocycles. The van der Waals surface area contributed by atoms with Crippen LogP contribution in [0.2, 0.25) is 0 Å². The summed E-state index contributed by atoms with van der Waals surface area (Å²) in [6.07, 6.45) is 1.72. The average Bonchev–Trinajstić information content (AvgIpc) is 2.94. The van der Waals surface area contributed by atoms with Crippen molar-refractivity contribution in [3.63, 3.8) is 0 Å². The molecule has 1 aromatic rings. The van der Waals surface area contributed by atoms with E-state index in [1.165, 1.54) is 0 Å². The number of nitrogens with one attached hydrogen (secondary N) is 1. The molecule has 1 aliphatic rings. The van der Waals surface area contributed by atoms with E-state index in [1.54, 1.807) is 25.1 Å². The highest BCUT2D eigenvalue weighted by molar-refractivity contribution is 7.89. The molecule has 1 aliphatic heterocycles. The lowest BCUT2D eigenvalue weighted by Crippen LogP contribution is -2.52. The molecule has 8 heteroatoms. The summed E-state index contributed by atoms with van der Waals surface area (Å²) in [5.74, 6) is 1.41. The van der Waals surface area contributed by atoms with Crippen LogP contribution in [0, 0.1) is 12.8 Å². The smallest absolute Gasteiger partial charge is 0.233 e. The maximum Gasteiger partial charge on any atom is 0.233 e. The molecule has 1 aromatic heterocycles. The Hall–Kier alpha value is -0.990. The lowest BCUT2D eigenvalue weighted by atomic mass is 9.90. The normalized spacial score (nSPS) is 25.0. The standard InChI is InChI=1S/C15H28N4O3S/c1-6-13-9-19(23(20,21)10(2)3)8-7-14(13)16-11(4)15-18-17-12(5)22-15/h10-11,13-14,16H,6-9H2,1-5H3. The van der Waals surface area contributed by atoms with Gasteiger partial charge in [-0.15, -0.1) is 10.2 Å². The molecule has 1 fully saturated rings. The molecule has 3 atom stereocenters. The minimum absolute atomic E-state index is 0.0384. The molecule has 7 nitrogen and oxygen atoms in total. The van der Waals surface area contributed by atoms with Gasteiger partial charge >= 0.3 is 0 Å².